The van der Waals surface area contributed by atoms with Crippen molar-refractivity contribution in [3.05, 3.63) is 28.8 Å². The van der Waals surface area contributed by atoms with Crippen LogP contribution >= 0.6 is 27.5 Å². The SMILES string of the molecule is Fc1nc(Cl)ccc1CBr. The summed E-state index contributed by atoms with van der Waals surface area (Å²) in [7, 11) is 0. The zero-order valence-corrected chi connectivity index (χ0v) is 7.28. The van der Waals surface area contributed by atoms with E-state index in [2.05, 4.69) is 20.9 Å². The van der Waals surface area contributed by atoms with E-state index < -0.39 is 5.95 Å². The zero-order valence-electron chi connectivity index (χ0n) is 4.94. The Bertz CT molecular complexity index is 241. The molecule has 0 atom stereocenters. The lowest BCUT2D eigenvalue weighted by molar-refractivity contribution is 0.574. The number of rotatable bonds is 1. The third-order valence-electron chi connectivity index (χ3n) is 1.04. The lowest BCUT2D eigenvalue weighted by atomic mass is 10.3. The molecular weight excluding hydrogens is 220 g/mol. The Morgan fingerprint density at radius 2 is 2.30 bits per heavy atom. The normalized spacial score (nSPS) is 9.90. The molecule has 0 fully saturated rings. The van der Waals surface area contributed by atoms with Gasteiger partial charge in [-0.1, -0.05) is 33.6 Å². The average Bonchev–Trinajstić information content (AvgIpc) is 1.88. The molecule has 1 heterocycles. The molecular formula is C6H4BrClFN. The molecule has 1 aromatic heterocycles. The first kappa shape index (κ1) is 7.95. The molecule has 0 amide bonds. The molecule has 0 radical (unpaired) electrons. The van der Waals surface area contributed by atoms with Crippen molar-refractivity contribution in [2.45, 2.75) is 5.33 Å². The van der Waals surface area contributed by atoms with Crippen molar-refractivity contribution in [3.63, 3.8) is 0 Å². The number of alkyl halides is 1. The first-order valence-corrected chi connectivity index (χ1v) is 4.11. The van der Waals surface area contributed by atoms with Crippen molar-refractivity contribution in [2.75, 3.05) is 0 Å². The van der Waals surface area contributed by atoms with E-state index in [4.69, 9.17) is 11.6 Å². The summed E-state index contributed by atoms with van der Waals surface area (Å²) in [6.07, 6.45) is 0. The van der Waals surface area contributed by atoms with Crippen LogP contribution in [0.3, 0.4) is 0 Å². The lowest BCUT2D eigenvalue weighted by Crippen LogP contribution is -1.89. The van der Waals surface area contributed by atoms with Crippen LogP contribution in [-0.4, -0.2) is 4.98 Å². The van der Waals surface area contributed by atoms with Crippen LogP contribution in [0.5, 0.6) is 0 Å². The number of hydrogen-bond acceptors (Lipinski definition) is 1. The van der Waals surface area contributed by atoms with Crippen molar-refractivity contribution in [1.29, 1.82) is 0 Å². The van der Waals surface area contributed by atoms with E-state index in [9.17, 15) is 4.39 Å². The molecule has 0 N–H and O–H groups in total. The maximum atomic E-state index is 12.6. The molecule has 1 aromatic rings. The van der Waals surface area contributed by atoms with Gasteiger partial charge in [0, 0.05) is 10.9 Å². The van der Waals surface area contributed by atoms with Gasteiger partial charge in [0.1, 0.15) is 5.15 Å². The summed E-state index contributed by atoms with van der Waals surface area (Å²) in [6, 6.07) is 3.15. The fourth-order valence-electron chi connectivity index (χ4n) is 0.541. The van der Waals surface area contributed by atoms with Gasteiger partial charge in [-0.3, -0.25) is 0 Å². The molecule has 0 aliphatic heterocycles. The number of hydrogen-bond donors (Lipinski definition) is 0. The van der Waals surface area contributed by atoms with Crippen molar-refractivity contribution >= 4 is 27.5 Å². The standard InChI is InChI=1S/C6H4BrClFN/c7-3-4-1-2-5(8)10-6(4)9/h1-2H,3H2. The highest BCUT2D eigenvalue weighted by Gasteiger charge is 2.00. The van der Waals surface area contributed by atoms with Gasteiger partial charge in [0.15, 0.2) is 0 Å². The summed E-state index contributed by atoms with van der Waals surface area (Å²) in [4.78, 5) is 3.41. The van der Waals surface area contributed by atoms with Gasteiger partial charge in [-0.05, 0) is 6.07 Å². The Hall–Kier alpha value is -0.150. The van der Waals surface area contributed by atoms with Gasteiger partial charge < -0.3 is 0 Å². The summed E-state index contributed by atoms with van der Waals surface area (Å²) in [5.41, 5.74) is 0.518. The molecule has 54 valence electrons. The monoisotopic (exact) mass is 223 g/mol. The van der Waals surface area contributed by atoms with Crippen molar-refractivity contribution in [1.82, 2.24) is 4.98 Å². The van der Waals surface area contributed by atoms with Crippen LogP contribution in [0, 0.1) is 5.95 Å². The number of nitrogens with zero attached hydrogens (tertiary/aromatic N) is 1. The molecule has 0 bridgehead atoms. The maximum absolute atomic E-state index is 12.6. The predicted octanol–water partition coefficient (Wildman–Crippen LogP) is 2.77. The number of aromatic nitrogens is 1. The van der Waals surface area contributed by atoms with Gasteiger partial charge in [0.2, 0.25) is 5.95 Å². The van der Waals surface area contributed by atoms with Crippen LogP contribution in [-0.2, 0) is 5.33 Å². The largest absolute Gasteiger partial charge is 0.218 e. The molecule has 0 aromatic carbocycles. The molecule has 0 spiro atoms. The molecule has 0 saturated heterocycles. The highest BCUT2D eigenvalue weighted by molar-refractivity contribution is 9.08. The zero-order chi connectivity index (χ0) is 7.56. The van der Waals surface area contributed by atoms with Crippen LogP contribution in [0.1, 0.15) is 5.56 Å². The highest BCUT2D eigenvalue weighted by Crippen LogP contribution is 2.12. The molecule has 1 nitrogen and oxygen atoms in total. The minimum Gasteiger partial charge on any atom is -0.208 e. The van der Waals surface area contributed by atoms with E-state index in [1.54, 1.807) is 12.1 Å². The molecule has 1 rings (SSSR count). The Kier molecular flexibility index (Phi) is 2.63. The van der Waals surface area contributed by atoms with Crippen molar-refractivity contribution in [2.24, 2.45) is 0 Å². The molecule has 4 heteroatoms. The molecule has 10 heavy (non-hydrogen) atoms. The second-order valence-electron chi connectivity index (χ2n) is 1.72. The minimum absolute atomic E-state index is 0.183. The Balaban J connectivity index is 3.07. The Morgan fingerprint density at radius 1 is 1.60 bits per heavy atom. The average molecular weight is 224 g/mol. The third-order valence-corrected chi connectivity index (χ3v) is 1.85. The van der Waals surface area contributed by atoms with E-state index in [0.29, 0.717) is 10.9 Å². The van der Waals surface area contributed by atoms with Crippen LogP contribution < -0.4 is 0 Å². The summed E-state index contributed by atoms with van der Waals surface area (Å²) < 4.78 is 12.6. The van der Waals surface area contributed by atoms with E-state index in [1.165, 1.54) is 0 Å². The van der Waals surface area contributed by atoms with Gasteiger partial charge in [0.25, 0.3) is 0 Å². The first-order chi connectivity index (χ1) is 4.74. The Labute approximate surface area is 71.4 Å². The summed E-state index contributed by atoms with van der Waals surface area (Å²) in [5, 5.41) is 0.644. The molecule has 0 saturated carbocycles. The smallest absolute Gasteiger partial charge is 0.208 e. The molecule has 0 aliphatic carbocycles. The van der Waals surface area contributed by atoms with Crippen molar-refractivity contribution < 1.29 is 4.39 Å². The fraction of sp³-hybridized carbons (Fsp3) is 0.167. The minimum atomic E-state index is -0.510. The fourth-order valence-corrected chi connectivity index (χ4v) is 1.10. The quantitative estimate of drug-likeness (QED) is 0.528. The first-order valence-electron chi connectivity index (χ1n) is 2.61. The number of halogens is 3. The van der Waals surface area contributed by atoms with Gasteiger partial charge >= 0.3 is 0 Å². The van der Waals surface area contributed by atoms with Gasteiger partial charge in [-0.25, -0.2) is 4.98 Å². The van der Waals surface area contributed by atoms with Crippen LogP contribution in [0.2, 0.25) is 5.15 Å². The van der Waals surface area contributed by atoms with E-state index in [1.807, 2.05) is 0 Å². The van der Waals surface area contributed by atoms with Crippen LogP contribution in [0.25, 0.3) is 0 Å². The van der Waals surface area contributed by atoms with Gasteiger partial charge in [-0.15, -0.1) is 0 Å². The van der Waals surface area contributed by atoms with E-state index in [-0.39, 0.29) is 5.15 Å². The van der Waals surface area contributed by atoms with E-state index in [0.717, 1.165) is 0 Å². The summed E-state index contributed by atoms with van der Waals surface area (Å²) >= 11 is 8.52. The highest BCUT2D eigenvalue weighted by atomic mass is 79.9. The second-order valence-corrected chi connectivity index (χ2v) is 2.67. The van der Waals surface area contributed by atoms with Gasteiger partial charge in [0.05, 0.1) is 0 Å². The molecule has 0 aliphatic rings. The lowest BCUT2D eigenvalue weighted by Gasteiger charge is -1.95. The van der Waals surface area contributed by atoms with Crippen LogP contribution in [0.15, 0.2) is 12.1 Å². The topological polar surface area (TPSA) is 12.9 Å². The predicted molar refractivity (Wildman–Crippen MR) is 41.8 cm³/mol. The van der Waals surface area contributed by atoms with Gasteiger partial charge in [-0.2, -0.15) is 4.39 Å². The third kappa shape index (κ3) is 1.67. The van der Waals surface area contributed by atoms with E-state index >= 15 is 0 Å². The summed E-state index contributed by atoms with van der Waals surface area (Å²) in [5.74, 6) is -0.510. The number of pyridine rings is 1. The Morgan fingerprint density at radius 3 is 2.80 bits per heavy atom. The second kappa shape index (κ2) is 3.30. The molecule has 0 unspecified atom stereocenters. The maximum Gasteiger partial charge on any atom is 0.218 e. The summed E-state index contributed by atoms with van der Waals surface area (Å²) in [6.45, 7) is 0. The van der Waals surface area contributed by atoms with Crippen molar-refractivity contribution in [3.8, 4) is 0 Å². The van der Waals surface area contributed by atoms with Crippen LogP contribution in [0.4, 0.5) is 4.39 Å².